The number of nitrogens with zero attached hydrogens (tertiary/aromatic N) is 2. The van der Waals surface area contributed by atoms with E-state index in [2.05, 4.69) is 0 Å². The Kier molecular flexibility index (Phi) is 5.90. The molecule has 0 aliphatic heterocycles. The van der Waals surface area contributed by atoms with Crippen LogP contribution in [0.25, 0.3) is 0 Å². The van der Waals surface area contributed by atoms with Crippen molar-refractivity contribution in [3.8, 4) is 0 Å². The summed E-state index contributed by atoms with van der Waals surface area (Å²) in [6.07, 6.45) is 2.34. The molecular formula is C20H18N2O6S2. The van der Waals surface area contributed by atoms with E-state index in [0.29, 0.717) is 4.31 Å². The number of hydrogen-bond acceptors (Lipinski definition) is 6. The summed E-state index contributed by atoms with van der Waals surface area (Å²) in [5.74, 6) is -0.722. The van der Waals surface area contributed by atoms with Crippen molar-refractivity contribution in [2.45, 2.75) is 16.7 Å². The molecule has 1 aromatic heterocycles. The molecule has 0 N–H and O–H groups in total. The van der Waals surface area contributed by atoms with Gasteiger partial charge in [-0.25, -0.2) is 25.1 Å². The van der Waals surface area contributed by atoms with Crippen molar-refractivity contribution in [3.05, 3.63) is 84.2 Å². The van der Waals surface area contributed by atoms with E-state index in [0.717, 1.165) is 15.7 Å². The molecule has 0 saturated heterocycles. The second kappa shape index (κ2) is 8.25. The van der Waals surface area contributed by atoms with Gasteiger partial charge in [-0.3, -0.25) is 9.59 Å². The normalized spacial score (nSPS) is 11.8. The van der Waals surface area contributed by atoms with E-state index in [9.17, 15) is 26.4 Å². The van der Waals surface area contributed by atoms with Crippen molar-refractivity contribution in [1.29, 1.82) is 0 Å². The van der Waals surface area contributed by atoms with Crippen molar-refractivity contribution in [2.24, 2.45) is 0 Å². The van der Waals surface area contributed by atoms with Crippen LogP contribution < -0.4 is 0 Å². The number of aromatic nitrogens is 1. The van der Waals surface area contributed by atoms with Crippen LogP contribution in [-0.4, -0.2) is 43.9 Å². The molecule has 3 rings (SSSR count). The molecule has 1 amide bonds. The number of aryl methyl sites for hydroxylation is 1. The molecule has 0 aliphatic rings. The predicted octanol–water partition coefficient (Wildman–Crippen LogP) is 2.06. The van der Waals surface area contributed by atoms with Crippen molar-refractivity contribution in [3.63, 3.8) is 0 Å². The summed E-state index contributed by atoms with van der Waals surface area (Å²) >= 11 is 0. The molecule has 3 aromatic rings. The first-order chi connectivity index (χ1) is 14.2. The van der Waals surface area contributed by atoms with E-state index in [1.807, 2.05) is 0 Å². The Morgan fingerprint density at radius 1 is 0.933 bits per heavy atom. The van der Waals surface area contributed by atoms with Crippen molar-refractivity contribution >= 4 is 32.2 Å². The fourth-order valence-corrected chi connectivity index (χ4v) is 5.03. The average molecular weight is 447 g/mol. The fourth-order valence-electron chi connectivity index (χ4n) is 2.66. The van der Waals surface area contributed by atoms with Crippen LogP contribution in [0.1, 0.15) is 15.9 Å². The van der Waals surface area contributed by atoms with Gasteiger partial charge in [-0.05, 0) is 37.3 Å². The lowest BCUT2D eigenvalue weighted by atomic mass is 10.2. The molecule has 0 unspecified atom stereocenters. The molecule has 156 valence electrons. The minimum absolute atomic E-state index is 0.0380. The first-order valence-electron chi connectivity index (χ1n) is 8.72. The molecule has 0 bridgehead atoms. The van der Waals surface area contributed by atoms with Gasteiger partial charge in [0.05, 0.1) is 9.79 Å². The maximum atomic E-state index is 12.6. The summed E-state index contributed by atoms with van der Waals surface area (Å²) in [6.45, 7) is 1.03. The van der Waals surface area contributed by atoms with E-state index >= 15 is 0 Å². The van der Waals surface area contributed by atoms with Crippen LogP contribution in [0.4, 0.5) is 0 Å². The number of ketones is 1. The van der Waals surface area contributed by atoms with Gasteiger partial charge >= 0.3 is 0 Å². The van der Waals surface area contributed by atoms with Gasteiger partial charge in [0.25, 0.3) is 20.0 Å². The Morgan fingerprint density at radius 3 is 2.17 bits per heavy atom. The number of rotatable bonds is 8. The highest BCUT2D eigenvalue weighted by Crippen LogP contribution is 2.18. The summed E-state index contributed by atoms with van der Waals surface area (Å²) in [5, 5.41) is 0. The monoisotopic (exact) mass is 446 g/mol. The molecule has 0 radical (unpaired) electrons. The lowest BCUT2D eigenvalue weighted by molar-refractivity contribution is -0.113. The molecular weight excluding hydrogens is 428 g/mol. The van der Waals surface area contributed by atoms with E-state index in [1.165, 1.54) is 36.5 Å². The zero-order valence-corrected chi connectivity index (χ0v) is 17.5. The zero-order chi connectivity index (χ0) is 21.9. The number of carbonyl (C=O) groups is 2. The molecule has 10 heteroatoms. The Morgan fingerprint density at radius 2 is 1.57 bits per heavy atom. The van der Waals surface area contributed by atoms with Gasteiger partial charge in [0.1, 0.15) is 6.54 Å². The van der Waals surface area contributed by atoms with E-state index in [1.54, 1.807) is 37.3 Å². The van der Waals surface area contributed by atoms with Crippen molar-refractivity contribution in [2.75, 3.05) is 6.54 Å². The number of Topliss-reactive ketones (excluding diaryl/α,β-unsaturated/α-hetero) is 1. The summed E-state index contributed by atoms with van der Waals surface area (Å²) in [6, 6.07) is 14.7. The highest BCUT2D eigenvalue weighted by Gasteiger charge is 2.26. The topological polar surface area (TPSA) is 111 Å². The van der Waals surface area contributed by atoms with Crippen LogP contribution in [0, 0.1) is 6.92 Å². The molecule has 0 spiro atoms. The zero-order valence-electron chi connectivity index (χ0n) is 15.9. The maximum absolute atomic E-state index is 12.6. The van der Waals surface area contributed by atoms with Gasteiger partial charge in [-0.2, -0.15) is 0 Å². The predicted molar refractivity (Wildman–Crippen MR) is 109 cm³/mol. The van der Waals surface area contributed by atoms with Crippen LogP contribution in [0.3, 0.4) is 0 Å². The quantitative estimate of drug-likeness (QED) is 0.387. The Bertz CT molecular complexity index is 1280. The van der Waals surface area contributed by atoms with Crippen LogP contribution in [0.15, 0.2) is 82.8 Å². The summed E-state index contributed by atoms with van der Waals surface area (Å²) in [4.78, 5) is 23.9. The van der Waals surface area contributed by atoms with Crippen molar-refractivity contribution < 1.29 is 26.4 Å². The van der Waals surface area contributed by atoms with Gasteiger partial charge in [0.15, 0.2) is 5.78 Å². The Balaban J connectivity index is 1.84. The molecule has 0 fully saturated rings. The van der Waals surface area contributed by atoms with Gasteiger partial charge in [-0.15, -0.1) is 0 Å². The van der Waals surface area contributed by atoms with Crippen LogP contribution in [0.2, 0.25) is 0 Å². The number of amides is 1. The van der Waals surface area contributed by atoms with Gasteiger partial charge in [0.2, 0.25) is 6.41 Å². The van der Waals surface area contributed by atoms with Gasteiger partial charge in [0, 0.05) is 18.0 Å². The standard InChI is InChI=1S/C20H18N2O6S2/c1-16-7-9-19(10-8-16)30(27,28)22(15-23)14-20(24)17-11-12-21(13-17)29(25,26)18-5-3-2-4-6-18/h2-13,15H,14H2,1H3. The highest BCUT2D eigenvalue weighted by molar-refractivity contribution is 7.90. The highest BCUT2D eigenvalue weighted by atomic mass is 32.2. The summed E-state index contributed by atoms with van der Waals surface area (Å²) < 4.78 is 51.7. The summed E-state index contributed by atoms with van der Waals surface area (Å²) in [5.41, 5.74) is 0.795. The Hall–Kier alpha value is -3.24. The lowest BCUT2D eigenvalue weighted by Crippen LogP contribution is -2.34. The molecule has 0 atom stereocenters. The van der Waals surface area contributed by atoms with E-state index < -0.39 is 32.4 Å². The molecule has 0 aliphatic carbocycles. The number of sulfonamides is 1. The molecule has 2 aromatic carbocycles. The third-order valence-electron chi connectivity index (χ3n) is 4.35. The molecule has 8 nitrogen and oxygen atoms in total. The van der Waals surface area contributed by atoms with Crippen molar-refractivity contribution in [1.82, 2.24) is 8.28 Å². The molecule has 0 saturated carbocycles. The fraction of sp³-hybridized carbons (Fsp3) is 0.100. The Labute approximate surface area is 174 Å². The SMILES string of the molecule is Cc1ccc(S(=O)(=O)N(C=O)CC(=O)c2ccn(S(=O)(=O)c3ccccc3)c2)cc1. The molecule has 30 heavy (non-hydrogen) atoms. The largest absolute Gasteiger partial charge is 0.292 e. The second-order valence-electron chi connectivity index (χ2n) is 6.44. The minimum atomic E-state index is -4.22. The lowest BCUT2D eigenvalue weighted by Gasteiger charge is -2.16. The third kappa shape index (κ3) is 4.19. The third-order valence-corrected chi connectivity index (χ3v) is 7.70. The first kappa shape index (κ1) is 21.5. The van der Waals surface area contributed by atoms with Gasteiger partial charge in [-0.1, -0.05) is 35.9 Å². The maximum Gasteiger partial charge on any atom is 0.267 e. The second-order valence-corrected chi connectivity index (χ2v) is 10.2. The van der Waals surface area contributed by atoms with Crippen LogP contribution in [-0.2, 0) is 24.8 Å². The van der Waals surface area contributed by atoms with Crippen LogP contribution >= 0.6 is 0 Å². The molecule has 1 heterocycles. The number of carbonyl (C=O) groups excluding carboxylic acids is 2. The number of hydrogen-bond donors (Lipinski definition) is 0. The summed E-state index contributed by atoms with van der Waals surface area (Å²) in [7, 11) is -8.11. The average Bonchev–Trinajstić information content (AvgIpc) is 3.24. The van der Waals surface area contributed by atoms with E-state index in [4.69, 9.17) is 0 Å². The van der Waals surface area contributed by atoms with Crippen LogP contribution in [0.5, 0.6) is 0 Å². The minimum Gasteiger partial charge on any atom is -0.292 e. The first-order valence-corrected chi connectivity index (χ1v) is 11.6. The smallest absolute Gasteiger partial charge is 0.267 e. The number of benzene rings is 2. The van der Waals surface area contributed by atoms with Gasteiger partial charge < -0.3 is 0 Å². The van der Waals surface area contributed by atoms with E-state index in [-0.39, 0.29) is 21.8 Å².